The van der Waals surface area contributed by atoms with Gasteiger partial charge in [-0.2, -0.15) is 0 Å². The summed E-state index contributed by atoms with van der Waals surface area (Å²) >= 11 is 0. The van der Waals surface area contributed by atoms with Crippen LogP contribution in [0.4, 0.5) is 0 Å². The number of aryl methyl sites for hydroxylation is 2. The highest BCUT2D eigenvalue weighted by molar-refractivity contribution is 5.79. The zero-order valence-corrected chi connectivity index (χ0v) is 11.8. The molecule has 20 heavy (non-hydrogen) atoms. The molecule has 1 aromatic carbocycles. The van der Waals surface area contributed by atoms with Crippen molar-refractivity contribution < 1.29 is 4.42 Å². The van der Waals surface area contributed by atoms with Crippen molar-refractivity contribution >= 4 is 11.1 Å². The molecule has 0 saturated carbocycles. The van der Waals surface area contributed by atoms with Gasteiger partial charge in [-0.25, -0.2) is 15.0 Å². The number of fused-ring (bicyclic) bond motifs is 1. The van der Waals surface area contributed by atoms with Crippen LogP contribution >= 0.6 is 0 Å². The molecular weight excluding hydrogens is 252 g/mol. The molecule has 2 heterocycles. The Morgan fingerprint density at radius 2 is 1.95 bits per heavy atom. The van der Waals surface area contributed by atoms with Gasteiger partial charge in [0.25, 0.3) is 0 Å². The summed E-state index contributed by atoms with van der Waals surface area (Å²) in [6, 6.07) is 7.91. The molecule has 0 bridgehead atoms. The van der Waals surface area contributed by atoms with Crippen molar-refractivity contribution in [2.45, 2.75) is 20.4 Å². The number of hydrogen-bond acceptors (Lipinski definition) is 5. The van der Waals surface area contributed by atoms with Gasteiger partial charge in [0, 0.05) is 18.2 Å². The molecule has 0 aliphatic carbocycles. The maximum Gasteiger partial charge on any atom is 0.192 e. The highest BCUT2D eigenvalue weighted by atomic mass is 16.3. The molecule has 1 N–H and O–H groups in total. The Morgan fingerprint density at radius 3 is 2.75 bits per heavy atom. The Bertz CT molecular complexity index is 764. The second-order valence-electron chi connectivity index (χ2n) is 4.76. The summed E-state index contributed by atoms with van der Waals surface area (Å²) in [6.45, 7) is 4.47. The van der Waals surface area contributed by atoms with Gasteiger partial charge in [-0.3, -0.25) is 0 Å². The molecule has 5 nitrogen and oxygen atoms in total. The lowest BCUT2D eigenvalue weighted by molar-refractivity contribution is 0.561. The van der Waals surface area contributed by atoms with Crippen molar-refractivity contribution in [3.63, 3.8) is 0 Å². The van der Waals surface area contributed by atoms with E-state index in [4.69, 9.17) is 4.42 Å². The third-order valence-electron chi connectivity index (χ3n) is 3.03. The van der Waals surface area contributed by atoms with Gasteiger partial charge in [0.15, 0.2) is 11.5 Å². The van der Waals surface area contributed by atoms with E-state index in [1.54, 1.807) is 0 Å². The smallest absolute Gasteiger partial charge is 0.192 e. The first kappa shape index (κ1) is 12.7. The minimum absolute atomic E-state index is 0.651. The van der Waals surface area contributed by atoms with Crippen molar-refractivity contribution in [3.05, 3.63) is 41.7 Å². The second-order valence-corrected chi connectivity index (χ2v) is 4.76. The topological polar surface area (TPSA) is 63.8 Å². The summed E-state index contributed by atoms with van der Waals surface area (Å²) in [4.78, 5) is 13.3. The van der Waals surface area contributed by atoms with Crippen molar-refractivity contribution in [1.29, 1.82) is 0 Å². The van der Waals surface area contributed by atoms with E-state index >= 15 is 0 Å². The molecule has 0 fully saturated rings. The zero-order valence-electron chi connectivity index (χ0n) is 11.8. The van der Waals surface area contributed by atoms with Gasteiger partial charge >= 0.3 is 0 Å². The van der Waals surface area contributed by atoms with Crippen LogP contribution in [-0.4, -0.2) is 22.0 Å². The molecule has 5 heteroatoms. The van der Waals surface area contributed by atoms with Crippen molar-refractivity contribution in [3.8, 4) is 11.3 Å². The third-order valence-corrected chi connectivity index (χ3v) is 3.03. The summed E-state index contributed by atoms with van der Waals surface area (Å²) in [6.07, 6.45) is 0. The minimum Gasteiger partial charge on any atom is -0.441 e. The van der Waals surface area contributed by atoms with E-state index < -0.39 is 0 Å². The number of hydrogen-bond donors (Lipinski definition) is 1. The molecular formula is C15H16N4O. The lowest BCUT2D eigenvalue weighted by Crippen LogP contribution is -2.10. The van der Waals surface area contributed by atoms with Crippen LogP contribution in [0.2, 0.25) is 0 Å². The van der Waals surface area contributed by atoms with Crippen LogP contribution in [0.15, 0.2) is 28.7 Å². The fourth-order valence-electron chi connectivity index (χ4n) is 2.21. The quantitative estimate of drug-likeness (QED) is 0.791. The predicted octanol–water partition coefficient (Wildman–Crippen LogP) is 2.62. The molecule has 102 valence electrons. The van der Waals surface area contributed by atoms with Crippen molar-refractivity contribution in [2.75, 3.05) is 7.05 Å². The maximum atomic E-state index is 5.57. The summed E-state index contributed by atoms with van der Waals surface area (Å²) in [7, 11) is 1.88. The van der Waals surface area contributed by atoms with Gasteiger partial charge in [0.1, 0.15) is 11.3 Å². The zero-order chi connectivity index (χ0) is 14.1. The molecule has 0 radical (unpaired) electrons. The minimum atomic E-state index is 0.651. The number of benzene rings is 1. The summed E-state index contributed by atoms with van der Waals surface area (Å²) in [5, 5.41) is 3.07. The maximum absolute atomic E-state index is 5.57. The van der Waals surface area contributed by atoms with Crippen LogP contribution in [0, 0.1) is 13.8 Å². The van der Waals surface area contributed by atoms with E-state index in [0.29, 0.717) is 12.4 Å². The molecule has 0 atom stereocenters. The number of nitrogens with zero attached hydrogens (tertiary/aromatic N) is 3. The highest BCUT2D eigenvalue weighted by Crippen LogP contribution is 2.24. The molecule has 2 aromatic heterocycles. The summed E-state index contributed by atoms with van der Waals surface area (Å²) < 4.78 is 5.57. The largest absolute Gasteiger partial charge is 0.441 e. The standard InChI is InChI=1S/C15H16N4O/c1-9-6-13(19-15(17-9)8-16-3)11-4-5-12-14(7-11)20-10(2)18-12/h4-7,16H,8H2,1-3H3. The van der Waals surface area contributed by atoms with Crippen LogP contribution in [0.5, 0.6) is 0 Å². The average molecular weight is 268 g/mol. The first-order valence-corrected chi connectivity index (χ1v) is 6.52. The Balaban J connectivity index is 2.09. The van der Waals surface area contributed by atoms with Crippen LogP contribution in [-0.2, 0) is 6.54 Å². The van der Waals surface area contributed by atoms with Crippen LogP contribution in [0.3, 0.4) is 0 Å². The summed E-state index contributed by atoms with van der Waals surface area (Å²) in [5.74, 6) is 1.46. The van der Waals surface area contributed by atoms with E-state index in [1.807, 2.05) is 45.2 Å². The monoisotopic (exact) mass is 268 g/mol. The summed E-state index contributed by atoms with van der Waals surface area (Å²) in [5.41, 5.74) is 4.52. The molecule has 0 aliphatic heterocycles. The molecule has 0 saturated heterocycles. The van der Waals surface area contributed by atoms with E-state index in [0.717, 1.165) is 33.9 Å². The normalized spacial score (nSPS) is 11.2. The lowest BCUT2D eigenvalue weighted by Gasteiger charge is -2.05. The Hall–Kier alpha value is -2.27. The second kappa shape index (κ2) is 5.02. The number of oxazole rings is 1. The first-order chi connectivity index (χ1) is 9.65. The van der Waals surface area contributed by atoms with Crippen molar-refractivity contribution in [1.82, 2.24) is 20.3 Å². The molecule has 3 aromatic rings. The van der Waals surface area contributed by atoms with E-state index in [-0.39, 0.29) is 0 Å². The Labute approximate surface area is 117 Å². The first-order valence-electron chi connectivity index (χ1n) is 6.52. The molecule has 0 spiro atoms. The van der Waals surface area contributed by atoms with E-state index in [1.165, 1.54) is 0 Å². The fraction of sp³-hybridized carbons (Fsp3) is 0.267. The van der Waals surface area contributed by atoms with Crippen LogP contribution in [0.25, 0.3) is 22.4 Å². The molecule has 0 aliphatic rings. The Morgan fingerprint density at radius 1 is 1.10 bits per heavy atom. The molecule has 0 unspecified atom stereocenters. The van der Waals surface area contributed by atoms with Gasteiger partial charge in [-0.05, 0) is 32.2 Å². The van der Waals surface area contributed by atoms with Gasteiger partial charge < -0.3 is 9.73 Å². The highest BCUT2D eigenvalue weighted by Gasteiger charge is 2.08. The van der Waals surface area contributed by atoms with Crippen LogP contribution < -0.4 is 5.32 Å². The lowest BCUT2D eigenvalue weighted by atomic mass is 10.1. The molecule has 3 rings (SSSR count). The van der Waals surface area contributed by atoms with Gasteiger partial charge in [-0.15, -0.1) is 0 Å². The van der Waals surface area contributed by atoms with Crippen LogP contribution in [0.1, 0.15) is 17.4 Å². The number of rotatable bonds is 3. The van der Waals surface area contributed by atoms with Gasteiger partial charge in [-0.1, -0.05) is 6.07 Å². The van der Waals surface area contributed by atoms with E-state index in [2.05, 4.69) is 20.3 Å². The predicted molar refractivity (Wildman–Crippen MR) is 77.3 cm³/mol. The number of aromatic nitrogens is 3. The number of nitrogens with one attached hydrogen (secondary N) is 1. The molecule has 0 amide bonds. The van der Waals surface area contributed by atoms with Gasteiger partial charge in [0.05, 0.1) is 12.2 Å². The Kier molecular flexibility index (Phi) is 3.20. The van der Waals surface area contributed by atoms with E-state index in [9.17, 15) is 0 Å². The third kappa shape index (κ3) is 2.40. The fourth-order valence-corrected chi connectivity index (χ4v) is 2.21. The van der Waals surface area contributed by atoms with Gasteiger partial charge in [0.2, 0.25) is 0 Å². The average Bonchev–Trinajstić information content (AvgIpc) is 2.77. The SMILES string of the molecule is CNCc1nc(C)cc(-c2ccc3nc(C)oc3c2)n1. The van der Waals surface area contributed by atoms with Crippen molar-refractivity contribution in [2.24, 2.45) is 0 Å².